The Balaban J connectivity index is 1.99. The Hall–Kier alpha value is -5.46. The van der Waals surface area contributed by atoms with Crippen molar-refractivity contribution in [2.75, 3.05) is 0 Å². The topological polar surface area (TPSA) is 0 Å². The fraction of sp³-hybridized carbons (Fsp3) is 0.494. The zero-order valence-electron chi connectivity index (χ0n) is 59.9. The second kappa shape index (κ2) is 22.1. The van der Waals surface area contributed by atoms with E-state index in [0.29, 0.717) is 0 Å². The summed E-state index contributed by atoms with van der Waals surface area (Å²) < 4.78 is 0. The van der Waals surface area contributed by atoms with E-state index in [4.69, 9.17) is 0 Å². The molecule has 0 heteroatoms. The van der Waals surface area contributed by atoms with Gasteiger partial charge >= 0.3 is 0 Å². The first-order valence-corrected chi connectivity index (χ1v) is 31.7. The zero-order chi connectivity index (χ0) is 63.2. The monoisotopic (exact) mass is 1110 g/mol. The van der Waals surface area contributed by atoms with Crippen LogP contribution >= 0.6 is 0 Å². The van der Waals surface area contributed by atoms with E-state index in [1.807, 2.05) is 0 Å². The van der Waals surface area contributed by atoms with Crippen LogP contribution in [-0.4, -0.2) is 0 Å². The Kier molecular flexibility index (Phi) is 17.3. The van der Waals surface area contributed by atoms with Crippen molar-refractivity contribution in [2.24, 2.45) is 0 Å². The summed E-state index contributed by atoms with van der Waals surface area (Å²) in [7, 11) is 0. The van der Waals surface area contributed by atoms with Crippen LogP contribution in [-0.2, 0) is 29.1 Å². The van der Waals surface area contributed by atoms with Gasteiger partial charge < -0.3 is 0 Å². The summed E-state index contributed by atoms with van der Waals surface area (Å²) >= 11 is 0. The van der Waals surface area contributed by atoms with Gasteiger partial charge in [0.1, 0.15) is 0 Å². The van der Waals surface area contributed by atoms with Crippen molar-refractivity contribution in [1.29, 1.82) is 0 Å². The van der Waals surface area contributed by atoms with Crippen LogP contribution in [0.25, 0.3) is 0 Å². The molecule has 0 heterocycles. The van der Waals surface area contributed by atoms with E-state index < -0.39 is 16.2 Å². The minimum atomic E-state index is -0.597. The van der Waals surface area contributed by atoms with E-state index in [2.05, 4.69) is 249 Å². The van der Waals surface area contributed by atoms with Crippen molar-refractivity contribution in [3.05, 3.63) is 234 Å². The summed E-state index contributed by atoms with van der Waals surface area (Å²) in [4.78, 5) is 0. The second-order valence-electron chi connectivity index (χ2n) is 28.3. The lowest BCUT2D eigenvalue weighted by Gasteiger charge is -2.48. The van der Waals surface area contributed by atoms with Crippen LogP contribution in [0.3, 0.4) is 0 Å². The Morgan fingerprint density at radius 1 is 0.145 bits per heavy atom. The Morgan fingerprint density at radius 2 is 0.265 bits per heavy atom. The van der Waals surface area contributed by atoms with Crippen molar-refractivity contribution < 1.29 is 0 Å². The van der Waals surface area contributed by atoms with Crippen LogP contribution in [0.15, 0.2) is 0 Å². The first-order valence-electron chi connectivity index (χ1n) is 31.7. The molecular weight excluding hydrogens is 997 g/mol. The van der Waals surface area contributed by atoms with E-state index in [0.717, 1.165) is 12.8 Å². The lowest BCUT2D eigenvalue weighted by Crippen LogP contribution is -2.40. The minimum Gasteiger partial charge on any atom is -0.0511 e. The van der Waals surface area contributed by atoms with E-state index in [1.54, 1.807) is 0 Å². The average Bonchev–Trinajstić information content (AvgIpc) is 0.817. The fourth-order valence-corrected chi connectivity index (χ4v) is 18.2. The van der Waals surface area contributed by atoms with Crippen LogP contribution in [0, 0.1) is 228 Å². The van der Waals surface area contributed by atoms with Gasteiger partial charge in [0.25, 0.3) is 0 Å². The maximum Gasteiger partial charge on any atom is 0.0439 e. The molecule has 83 heavy (non-hydrogen) atoms. The van der Waals surface area contributed by atoms with Gasteiger partial charge in [0.15, 0.2) is 0 Å². The lowest BCUT2D eigenvalue weighted by molar-refractivity contribution is 0.518. The molecule has 0 saturated heterocycles. The van der Waals surface area contributed by atoms with E-state index in [-0.39, 0.29) is 0 Å². The third-order valence-electron chi connectivity index (χ3n) is 25.3. The van der Waals surface area contributed by atoms with Crippen LogP contribution in [0.4, 0.5) is 0 Å². The number of rotatable bonds is 11. The molecule has 0 N–H and O–H groups in total. The third-order valence-corrected chi connectivity index (χ3v) is 25.3. The quantitative estimate of drug-likeness (QED) is 0.113. The standard InChI is InChI=1S/C83H112/c1-39-45(7)57(19)72(58(20)46(39)8)37-81(34,74-61(23)49(11)41(3)50(12)62(74)24)76-69(31)77(82(35,75-63(25)51(13)42(4)52(14)64(75)26)38-73-59(21)47(9)40(2)48(10)60(73)22)71(33)80(70(76)32)83(36,78-65(27)53(15)43(5)54(16)66(78)28)79-67(29)55(17)44(6)56(18)68(79)30/h37-38H2,1-36H3. The predicted octanol–water partition coefficient (Wildman–Crippen LogP) is 22.3. The van der Waals surface area contributed by atoms with Crippen LogP contribution < -0.4 is 0 Å². The Bertz CT molecular complexity index is 3510. The highest BCUT2D eigenvalue weighted by molar-refractivity contribution is 5.74. The third kappa shape index (κ3) is 9.24. The molecule has 444 valence electrons. The zero-order valence-corrected chi connectivity index (χ0v) is 59.9. The van der Waals surface area contributed by atoms with Gasteiger partial charge in [0.2, 0.25) is 0 Å². The first-order chi connectivity index (χ1) is 38.1. The normalized spacial score (nSPS) is 13.6. The molecular formula is C83H112. The molecule has 2 unspecified atom stereocenters. The van der Waals surface area contributed by atoms with E-state index in [9.17, 15) is 0 Å². The van der Waals surface area contributed by atoms with Gasteiger partial charge in [-0.2, -0.15) is 0 Å². The highest BCUT2D eigenvalue weighted by atomic mass is 14.5. The maximum absolute atomic E-state index is 2.71. The molecule has 0 radical (unpaired) electrons. The van der Waals surface area contributed by atoms with Crippen LogP contribution in [0.1, 0.15) is 254 Å². The molecule has 7 aromatic rings. The molecule has 7 rings (SSSR count). The fourth-order valence-electron chi connectivity index (χ4n) is 18.2. The second-order valence-corrected chi connectivity index (χ2v) is 28.3. The molecule has 0 aliphatic carbocycles. The number of hydrogen-bond acceptors (Lipinski definition) is 0. The molecule has 0 spiro atoms. The van der Waals surface area contributed by atoms with Gasteiger partial charge in [-0.1, -0.05) is 13.8 Å². The van der Waals surface area contributed by atoms with Crippen molar-refractivity contribution in [1.82, 2.24) is 0 Å². The highest BCUT2D eigenvalue weighted by Gasteiger charge is 2.48. The summed E-state index contributed by atoms with van der Waals surface area (Å²) in [6.07, 6.45) is 1.76. The van der Waals surface area contributed by atoms with Gasteiger partial charge in [-0.25, -0.2) is 0 Å². The summed E-state index contributed by atoms with van der Waals surface area (Å²) in [5, 5.41) is 0. The highest BCUT2D eigenvalue weighted by Crippen LogP contribution is 2.57. The molecule has 0 aliphatic rings. The van der Waals surface area contributed by atoms with Crippen molar-refractivity contribution in [3.63, 3.8) is 0 Å². The minimum absolute atomic E-state index is 0.493. The molecule has 7 aromatic carbocycles. The Labute approximate surface area is 509 Å². The Morgan fingerprint density at radius 3 is 0.458 bits per heavy atom. The van der Waals surface area contributed by atoms with E-state index >= 15 is 0 Å². The maximum atomic E-state index is 2.71. The van der Waals surface area contributed by atoms with Gasteiger partial charge in [0, 0.05) is 16.2 Å². The van der Waals surface area contributed by atoms with Crippen LogP contribution in [0.5, 0.6) is 0 Å². The molecule has 2 atom stereocenters. The summed E-state index contributed by atoms with van der Waals surface area (Å²) in [6.45, 7) is 88.3. The summed E-state index contributed by atoms with van der Waals surface area (Å²) in [6, 6.07) is 0. The summed E-state index contributed by atoms with van der Waals surface area (Å²) in [5.41, 5.74) is 58.7. The first kappa shape index (κ1) is 65.1. The van der Waals surface area contributed by atoms with Crippen molar-refractivity contribution in [3.8, 4) is 0 Å². The number of hydrogen-bond donors (Lipinski definition) is 0. The SMILES string of the molecule is Cc1c(C)c(C)c(CC(C)(c2c(C)c(C)c(C)c(C)c2C)c2c(C)c(C(C)(Cc3c(C)c(C)c(C)c(C)c3C)c3c(C)c(C)c(C)c(C)c3C)c(C)c(C(C)(c3c(C)c(C)c(C)c(C)c3C)c3c(C)c(C)c(C)c(C)c3C)c2C)c(C)c1C. The largest absolute Gasteiger partial charge is 0.0511 e. The molecule has 0 saturated carbocycles. The molecule has 0 aliphatic heterocycles. The molecule has 0 nitrogen and oxygen atoms in total. The molecule has 0 fully saturated rings. The molecule has 0 amide bonds. The van der Waals surface area contributed by atoms with Crippen LogP contribution in [0.2, 0.25) is 0 Å². The predicted molar refractivity (Wildman–Crippen MR) is 367 cm³/mol. The van der Waals surface area contributed by atoms with Gasteiger partial charge in [-0.05, 0) is 482 Å². The van der Waals surface area contributed by atoms with Gasteiger partial charge in [0.05, 0.1) is 0 Å². The molecule has 0 aromatic heterocycles. The number of benzene rings is 7. The summed E-state index contributed by atoms with van der Waals surface area (Å²) in [5.74, 6) is 0. The van der Waals surface area contributed by atoms with Crippen molar-refractivity contribution >= 4 is 0 Å². The van der Waals surface area contributed by atoms with Gasteiger partial charge in [-0.3, -0.25) is 0 Å². The molecule has 0 bridgehead atoms. The van der Waals surface area contributed by atoms with Gasteiger partial charge in [-0.15, -0.1) is 0 Å². The van der Waals surface area contributed by atoms with E-state index in [1.165, 1.54) is 234 Å². The average molecular weight is 1110 g/mol. The smallest absolute Gasteiger partial charge is 0.0439 e. The lowest BCUT2D eigenvalue weighted by atomic mass is 9.55. The van der Waals surface area contributed by atoms with Crippen molar-refractivity contribution in [2.45, 2.75) is 278 Å².